The monoisotopic (exact) mass is 727 g/mol. The molecule has 7 rings (SSSR count). The van der Waals surface area contributed by atoms with Crippen LogP contribution in [0.4, 0.5) is 0 Å². The number of likely N-dealkylation sites (N-methyl/N-ethyl adjacent to an activating group) is 1. The number of carboxylic acid groups (broad SMARTS) is 1. The van der Waals surface area contributed by atoms with E-state index >= 15 is 0 Å². The molecule has 6 N–H and O–H groups in total. The molecular weight excluding hydrogens is 682 g/mol. The maximum absolute atomic E-state index is 14.4. The Balaban J connectivity index is 1.37. The predicted molar refractivity (Wildman–Crippen MR) is 192 cm³/mol. The first-order chi connectivity index (χ1) is 25.4. The highest BCUT2D eigenvalue weighted by atomic mass is 16.5. The molecule has 4 amide bonds. The van der Waals surface area contributed by atoms with E-state index in [0.29, 0.717) is 17.0 Å². The zero-order valence-electron chi connectivity index (χ0n) is 30.0. The van der Waals surface area contributed by atoms with Crippen LogP contribution in [0.1, 0.15) is 50.1 Å². The first kappa shape index (κ1) is 37.0. The van der Waals surface area contributed by atoms with E-state index in [0.717, 1.165) is 16.5 Å². The predicted octanol–water partition coefficient (Wildman–Crippen LogP) is 1.08. The maximum atomic E-state index is 14.4. The molecule has 2 aromatic carbocycles. The zero-order chi connectivity index (χ0) is 37.8. The molecular formula is C37H45N9O7. The number of benzene rings is 2. The van der Waals surface area contributed by atoms with Crippen molar-refractivity contribution < 1.29 is 33.8 Å². The van der Waals surface area contributed by atoms with Gasteiger partial charge in [0.05, 0.1) is 18.3 Å². The molecule has 2 aromatic heterocycles. The number of nitrogens with zero attached hydrogens (tertiary/aromatic N) is 4. The molecule has 6 bridgehead atoms. The topological polar surface area (TPSA) is 213 Å². The summed E-state index contributed by atoms with van der Waals surface area (Å²) in [4.78, 5) is 72.8. The van der Waals surface area contributed by atoms with Crippen LogP contribution in [0, 0.1) is 5.92 Å². The molecule has 3 aliphatic heterocycles. The lowest BCUT2D eigenvalue weighted by atomic mass is 10.0. The number of aromatic nitrogens is 4. The largest absolute Gasteiger partial charge is 0.487 e. The second-order valence-electron chi connectivity index (χ2n) is 14.0. The molecule has 16 nitrogen and oxygen atoms in total. The van der Waals surface area contributed by atoms with Gasteiger partial charge in [-0.25, -0.2) is 9.48 Å². The van der Waals surface area contributed by atoms with Crippen molar-refractivity contribution in [2.45, 2.75) is 82.9 Å². The summed E-state index contributed by atoms with van der Waals surface area (Å²) >= 11 is 0. The highest BCUT2D eigenvalue weighted by Gasteiger charge is 2.45. The minimum absolute atomic E-state index is 0.0233. The first-order valence-corrected chi connectivity index (χ1v) is 17.7. The van der Waals surface area contributed by atoms with Crippen molar-refractivity contribution in [2.75, 3.05) is 13.6 Å². The van der Waals surface area contributed by atoms with Crippen LogP contribution in [-0.4, -0.2) is 103 Å². The maximum Gasteiger partial charge on any atom is 0.326 e. The van der Waals surface area contributed by atoms with E-state index in [1.54, 1.807) is 55.3 Å². The summed E-state index contributed by atoms with van der Waals surface area (Å²) in [6.45, 7) is 5.45. The number of hydrogen-bond donors (Lipinski definition) is 6. The number of para-hydroxylation sites is 1. The van der Waals surface area contributed by atoms with Crippen LogP contribution in [0.15, 0.2) is 60.9 Å². The number of H-pyrrole nitrogens is 1. The van der Waals surface area contributed by atoms with Gasteiger partial charge in [-0.1, -0.05) is 49.4 Å². The van der Waals surface area contributed by atoms with Gasteiger partial charge in [-0.15, -0.1) is 5.10 Å². The number of carboxylic acids is 1. The number of aliphatic carboxylic acids is 1. The van der Waals surface area contributed by atoms with Crippen LogP contribution >= 0.6 is 0 Å². The van der Waals surface area contributed by atoms with Crippen LogP contribution in [0.2, 0.25) is 0 Å². The molecule has 0 radical (unpaired) electrons. The molecule has 0 aliphatic carbocycles. The molecule has 1 fully saturated rings. The van der Waals surface area contributed by atoms with Crippen molar-refractivity contribution in [3.05, 3.63) is 77.7 Å². The van der Waals surface area contributed by atoms with Gasteiger partial charge >= 0.3 is 5.97 Å². The van der Waals surface area contributed by atoms with Gasteiger partial charge in [-0.2, -0.15) is 0 Å². The van der Waals surface area contributed by atoms with Crippen LogP contribution in [0.25, 0.3) is 10.9 Å². The Hall–Kier alpha value is -5.77. The molecule has 0 saturated carbocycles. The van der Waals surface area contributed by atoms with E-state index in [9.17, 15) is 29.1 Å². The number of carbonyl (C=O) groups excluding carboxylic acids is 4. The standard InChI is InChI=1S/C37H45N9O7/c1-20(2)32(42-33(47)21(3)38-4)36(50)45-18-25-15-31(45)35(49)40-29(14-23-16-39-28-8-6-5-7-27(23)28)34(48)41-30(37(51)52)13-22-9-11-26(12-10-22)53-19-24-17-46(25)44-43-24/h5-12,16-17,20-21,25,29-32,38-39H,13-15,18-19H2,1-4H3,(H,40,49)(H,41,48)(H,42,47)(H,51,52). The quantitative estimate of drug-likeness (QED) is 0.152. The molecule has 5 heterocycles. The Kier molecular flexibility index (Phi) is 11.1. The van der Waals surface area contributed by atoms with Gasteiger partial charge in [0, 0.05) is 42.9 Å². The minimum atomic E-state index is -1.31. The number of aromatic amines is 1. The number of rotatable bonds is 8. The lowest BCUT2D eigenvalue weighted by Crippen LogP contribution is -2.59. The molecule has 3 aliphatic rings. The summed E-state index contributed by atoms with van der Waals surface area (Å²) < 4.78 is 7.51. The molecule has 280 valence electrons. The lowest BCUT2D eigenvalue weighted by molar-refractivity contribution is -0.144. The second kappa shape index (κ2) is 15.9. The highest BCUT2D eigenvalue weighted by molar-refractivity contribution is 5.96. The lowest BCUT2D eigenvalue weighted by Gasteiger charge is -2.31. The highest BCUT2D eigenvalue weighted by Crippen LogP contribution is 2.30. The van der Waals surface area contributed by atoms with Gasteiger partial charge in [0.25, 0.3) is 0 Å². The van der Waals surface area contributed by atoms with Crippen molar-refractivity contribution in [1.29, 1.82) is 0 Å². The zero-order valence-corrected chi connectivity index (χ0v) is 30.0. The SMILES string of the molecule is CNC(C)C(=O)NC(C(=O)N1CC2CC1C(=O)NC(Cc1c[nH]c3ccccc13)C(=O)NC(C(=O)O)Cc1ccc(cc1)OCc1cn2nn1)C(C)C. The summed E-state index contributed by atoms with van der Waals surface area (Å²) in [6.07, 6.45) is 3.60. The Morgan fingerprint density at radius 1 is 1.04 bits per heavy atom. The van der Waals surface area contributed by atoms with Gasteiger partial charge in [0.2, 0.25) is 23.6 Å². The second-order valence-corrected chi connectivity index (χ2v) is 14.0. The van der Waals surface area contributed by atoms with E-state index in [1.807, 2.05) is 38.1 Å². The molecule has 0 spiro atoms. The summed E-state index contributed by atoms with van der Waals surface area (Å²) in [5, 5.41) is 30.8. The normalized spacial score (nSPS) is 21.9. The van der Waals surface area contributed by atoms with E-state index in [4.69, 9.17) is 4.74 Å². The third-order valence-corrected chi connectivity index (χ3v) is 9.95. The van der Waals surface area contributed by atoms with Crippen molar-refractivity contribution in [3.63, 3.8) is 0 Å². The van der Waals surface area contributed by atoms with E-state index in [-0.39, 0.29) is 44.2 Å². The smallest absolute Gasteiger partial charge is 0.326 e. The van der Waals surface area contributed by atoms with Crippen molar-refractivity contribution >= 4 is 40.5 Å². The Morgan fingerprint density at radius 2 is 1.79 bits per heavy atom. The number of carbonyl (C=O) groups is 5. The Labute approximate surface area is 306 Å². The molecule has 6 atom stereocenters. The van der Waals surface area contributed by atoms with Crippen molar-refractivity contribution in [3.8, 4) is 5.75 Å². The number of nitrogens with one attached hydrogen (secondary N) is 5. The minimum Gasteiger partial charge on any atom is -0.487 e. The summed E-state index contributed by atoms with van der Waals surface area (Å²) in [6, 6.07) is 8.80. The summed E-state index contributed by atoms with van der Waals surface area (Å²) in [7, 11) is 1.64. The van der Waals surface area contributed by atoms with Crippen molar-refractivity contribution in [1.82, 2.24) is 46.1 Å². The third-order valence-electron chi connectivity index (χ3n) is 9.95. The Morgan fingerprint density at radius 3 is 2.51 bits per heavy atom. The summed E-state index contributed by atoms with van der Waals surface area (Å²) in [5.41, 5.74) is 2.73. The van der Waals surface area contributed by atoms with Crippen molar-refractivity contribution in [2.24, 2.45) is 5.92 Å². The molecule has 4 aromatic rings. The molecule has 6 unspecified atom stereocenters. The van der Waals surface area contributed by atoms with Gasteiger partial charge < -0.3 is 41.0 Å². The number of likely N-dealkylation sites (tertiary alicyclic amines) is 1. The van der Waals surface area contributed by atoms with Gasteiger partial charge in [0.15, 0.2) is 0 Å². The first-order valence-electron chi connectivity index (χ1n) is 17.7. The van der Waals surface area contributed by atoms with Gasteiger partial charge in [0.1, 0.15) is 42.2 Å². The van der Waals surface area contributed by atoms with Gasteiger partial charge in [-0.05, 0) is 49.2 Å². The van der Waals surface area contributed by atoms with Crippen LogP contribution in [-0.2, 0) is 43.4 Å². The summed E-state index contributed by atoms with van der Waals surface area (Å²) in [5.74, 6) is -3.18. The van der Waals surface area contributed by atoms with Crippen LogP contribution in [0.5, 0.6) is 5.75 Å². The fourth-order valence-electron chi connectivity index (χ4n) is 6.74. The fraction of sp³-hybridized carbons (Fsp3) is 0.432. The molecule has 53 heavy (non-hydrogen) atoms. The number of hydrogen-bond acceptors (Lipinski definition) is 9. The fourth-order valence-corrected chi connectivity index (χ4v) is 6.74. The average molecular weight is 728 g/mol. The third kappa shape index (κ3) is 8.32. The van der Waals surface area contributed by atoms with E-state index in [2.05, 4.69) is 36.6 Å². The average Bonchev–Trinajstić information content (AvgIpc) is 3.91. The number of amides is 4. The molecule has 1 saturated heterocycles. The van der Waals surface area contributed by atoms with Gasteiger partial charge in [-0.3, -0.25) is 19.2 Å². The number of ether oxygens (including phenoxy) is 1. The molecule has 16 heteroatoms. The Bertz CT molecular complexity index is 1970. The van der Waals surface area contributed by atoms with Crippen LogP contribution < -0.4 is 26.0 Å². The van der Waals surface area contributed by atoms with Crippen LogP contribution in [0.3, 0.4) is 0 Å². The number of fused-ring (bicyclic) bond motifs is 10. The van der Waals surface area contributed by atoms with E-state index in [1.165, 1.54) is 4.90 Å². The van der Waals surface area contributed by atoms with E-state index < -0.39 is 59.9 Å².